The molecular formula is C29H35N5O. The number of hydrogen-bond donors (Lipinski definition) is 2. The van der Waals surface area contributed by atoms with Gasteiger partial charge in [-0.05, 0) is 61.6 Å². The Balaban J connectivity index is 1.20. The SMILES string of the molecule is Cn1cc(CC(=O)NC2CCCCC2NC2CCCN(c3ccc(C#N)cc3)C2)c2ccccc21. The Hall–Kier alpha value is -3.30. The van der Waals surface area contributed by atoms with Crippen LogP contribution < -0.4 is 15.5 Å². The minimum atomic E-state index is 0.114. The highest BCUT2D eigenvalue weighted by Gasteiger charge is 2.30. The van der Waals surface area contributed by atoms with Gasteiger partial charge < -0.3 is 20.1 Å². The average Bonchev–Trinajstić information content (AvgIpc) is 3.20. The van der Waals surface area contributed by atoms with Gasteiger partial charge in [0.05, 0.1) is 18.1 Å². The fraction of sp³-hybridized carbons (Fsp3) is 0.448. The lowest BCUT2D eigenvalue weighted by molar-refractivity contribution is -0.121. The number of aryl methyl sites for hydroxylation is 1. The van der Waals surface area contributed by atoms with E-state index in [1.54, 1.807) is 0 Å². The molecule has 2 N–H and O–H groups in total. The number of benzene rings is 2. The third-order valence-corrected chi connectivity index (χ3v) is 7.68. The van der Waals surface area contributed by atoms with Gasteiger partial charge in [-0.15, -0.1) is 0 Å². The molecule has 2 fully saturated rings. The Morgan fingerprint density at radius 3 is 2.60 bits per heavy atom. The van der Waals surface area contributed by atoms with Crippen LogP contribution in [0.5, 0.6) is 0 Å². The van der Waals surface area contributed by atoms with Crippen LogP contribution in [0.4, 0.5) is 5.69 Å². The summed E-state index contributed by atoms with van der Waals surface area (Å²) in [4.78, 5) is 15.5. The monoisotopic (exact) mass is 469 g/mol. The molecule has 0 bridgehead atoms. The first-order valence-electron chi connectivity index (χ1n) is 12.9. The summed E-state index contributed by atoms with van der Waals surface area (Å²) in [6.07, 6.45) is 9.31. The van der Waals surface area contributed by atoms with Crippen molar-refractivity contribution in [2.45, 2.75) is 63.1 Å². The molecule has 0 radical (unpaired) electrons. The number of piperidine rings is 1. The molecule has 1 saturated carbocycles. The van der Waals surface area contributed by atoms with E-state index in [0.29, 0.717) is 24.1 Å². The fourth-order valence-corrected chi connectivity index (χ4v) is 5.90. The molecule has 35 heavy (non-hydrogen) atoms. The van der Waals surface area contributed by atoms with Gasteiger partial charge in [-0.1, -0.05) is 31.0 Å². The molecule has 1 aliphatic carbocycles. The Morgan fingerprint density at radius 2 is 1.80 bits per heavy atom. The summed E-state index contributed by atoms with van der Waals surface area (Å²) in [5, 5.41) is 17.5. The van der Waals surface area contributed by atoms with Crippen molar-refractivity contribution in [3.63, 3.8) is 0 Å². The topological polar surface area (TPSA) is 73.1 Å². The second-order valence-corrected chi connectivity index (χ2v) is 10.1. The van der Waals surface area contributed by atoms with Crippen LogP contribution >= 0.6 is 0 Å². The summed E-state index contributed by atoms with van der Waals surface area (Å²) in [5.74, 6) is 0.114. The first-order valence-corrected chi connectivity index (χ1v) is 12.9. The molecule has 5 rings (SSSR count). The lowest BCUT2D eigenvalue weighted by Crippen LogP contribution is -2.57. The first-order chi connectivity index (χ1) is 17.1. The zero-order chi connectivity index (χ0) is 24.2. The molecule has 3 aromatic rings. The molecule has 6 heteroatoms. The number of nitriles is 1. The van der Waals surface area contributed by atoms with Crippen LogP contribution in [0.25, 0.3) is 10.9 Å². The molecule has 1 amide bonds. The number of fused-ring (bicyclic) bond motifs is 1. The molecule has 1 aliphatic heterocycles. The van der Waals surface area contributed by atoms with E-state index in [-0.39, 0.29) is 11.9 Å². The molecule has 1 aromatic heterocycles. The van der Waals surface area contributed by atoms with Crippen molar-refractivity contribution in [1.29, 1.82) is 5.26 Å². The van der Waals surface area contributed by atoms with Crippen LogP contribution in [0.1, 0.15) is 49.7 Å². The summed E-state index contributed by atoms with van der Waals surface area (Å²) < 4.78 is 2.10. The van der Waals surface area contributed by atoms with Crippen molar-refractivity contribution in [2.75, 3.05) is 18.0 Å². The summed E-state index contributed by atoms with van der Waals surface area (Å²) in [5.41, 5.74) is 4.13. The van der Waals surface area contributed by atoms with Crippen molar-refractivity contribution >= 4 is 22.5 Å². The van der Waals surface area contributed by atoms with Crippen LogP contribution in [0.15, 0.2) is 54.7 Å². The van der Waals surface area contributed by atoms with Gasteiger partial charge in [-0.2, -0.15) is 5.26 Å². The highest BCUT2D eigenvalue weighted by molar-refractivity contribution is 5.89. The van der Waals surface area contributed by atoms with Gasteiger partial charge in [-0.25, -0.2) is 0 Å². The number of rotatable bonds is 6. The zero-order valence-corrected chi connectivity index (χ0v) is 20.5. The number of carbonyl (C=O) groups is 1. The van der Waals surface area contributed by atoms with Gasteiger partial charge in [0.25, 0.3) is 0 Å². The smallest absolute Gasteiger partial charge is 0.224 e. The van der Waals surface area contributed by atoms with Crippen molar-refractivity contribution in [3.05, 3.63) is 65.9 Å². The van der Waals surface area contributed by atoms with Crippen LogP contribution in [0, 0.1) is 11.3 Å². The Kier molecular flexibility index (Phi) is 7.06. The Labute approximate surface area is 207 Å². The number of aromatic nitrogens is 1. The maximum Gasteiger partial charge on any atom is 0.224 e. The number of amides is 1. The lowest BCUT2D eigenvalue weighted by Gasteiger charge is -2.40. The number of anilines is 1. The molecule has 3 unspecified atom stereocenters. The zero-order valence-electron chi connectivity index (χ0n) is 20.5. The van der Waals surface area contributed by atoms with Crippen molar-refractivity contribution in [3.8, 4) is 6.07 Å². The molecular weight excluding hydrogens is 434 g/mol. The van der Waals surface area contributed by atoms with Crippen molar-refractivity contribution in [2.24, 2.45) is 7.05 Å². The highest BCUT2D eigenvalue weighted by atomic mass is 16.1. The summed E-state index contributed by atoms with van der Waals surface area (Å²) in [6, 6.07) is 19.3. The van der Waals surface area contributed by atoms with Gasteiger partial charge in [0.15, 0.2) is 0 Å². The molecule has 3 atom stereocenters. The summed E-state index contributed by atoms with van der Waals surface area (Å²) >= 11 is 0. The van der Waals surface area contributed by atoms with Gasteiger partial charge in [0.2, 0.25) is 5.91 Å². The summed E-state index contributed by atoms with van der Waals surface area (Å²) in [7, 11) is 2.04. The fourth-order valence-electron chi connectivity index (χ4n) is 5.90. The van der Waals surface area contributed by atoms with E-state index in [9.17, 15) is 4.79 Å². The number of nitrogens with one attached hydrogen (secondary N) is 2. The predicted molar refractivity (Wildman–Crippen MR) is 140 cm³/mol. The third-order valence-electron chi connectivity index (χ3n) is 7.68. The third kappa shape index (κ3) is 5.36. The van der Waals surface area contributed by atoms with E-state index in [0.717, 1.165) is 55.2 Å². The van der Waals surface area contributed by atoms with Crippen molar-refractivity contribution < 1.29 is 4.79 Å². The van der Waals surface area contributed by atoms with Crippen molar-refractivity contribution in [1.82, 2.24) is 15.2 Å². The maximum atomic E-state index is 13.1. The molecule has 1 saturated heterocycles. The second kappa shape index (κ2) is 10.5. The molecule has 2 heterocycles. The van der Waals surface area contributed by atoms with Crippen LogP contribution in [-0.2, 0) is 18.3 Å². The van der Waals surface area contributed by atoms with E-state index in [4.69, 9.17) is 5.26 Å². The van der Waals surface area contributed by atoms with E-state index < -0.39 is 0 Å². The van der Waals surface area contributed by atoms with Crippen LogP contribution in [0.3, 0.4) is 0 Å². The van der Waals surface area contributed by atoms with E-state index in [1.165, 1.54) is 18.5 Å². The number of para-hydroxylation sites is 1. The molecule has 182 valence electrons. The van der Waals surface area contributed by atoms with E-state index in [2.05, 4.69) is 56.6 Å². The molecule has 6 nitrogen and oxygen atoms in total. The maximum absolute atomic E-state index is 13.1. The standard InChI is InChI=1S/C29H35N5O/c1-33-19-22(25-8-2-5-11-28(25)33)17-29(35)32-27-10-4-3-9-26(27)31-23-7-6-16-34(20-23)24-14-12-21(18-30)13-15-24/h2,5,8,11-15,19,23,26-27,31H,3-4,6-7,9-10,16-17,20H2,1H3,(H,32,35). The quantitative estimate of drug-likeness (QED) is 0.565. The molecule has 0 spiro atoms. The van der Waals surface area contributed by atoms with E-state index >= 15 is 0 Å². The Bertz CT molecular complexity index is 1210. The van der Waals surface area contributed by atoms with Gasteiger partial charge in [-0.3, -0.25) is 4.79 Å². The van der Waals surface area contributed by atoms with Crippen LogP contribution in [-0.4, -0.2) is 41.7 Å². The van der Waals surface area contributed by atoms with Gasteiger partial charge >= 0.3 is 0 Å². The second-order valence-electron chi connectivity index (χ2n) is 10.1. The van der Waals surface area contributed by atoms with Gasteiger partial charge in [0, 0.05) is 61.0 Å². The largest absolute Gasteiger partial charge is 0.370 e. The lowest BCUT2D eigenvalue weighted by atomic mass is 9.88. The number of carbonyl (C=O) groups excluding carboxylic acids is 1. The number of nitrogens with zero attached hydrogens (tertiary/aromatic N) is 3. The minimum absolute atomic E-state index is 0.114. The average molecular weight is 470 g/mol. The van der Waals surface area contributed by atoms with Crippen LogP contribution in [0.2, 0.25) is 0 Å². The number of hydrogen-bond acceptors (Lipinski definition) is 4. The normalized spacial score (nSPS) is 22.6. The predicted octanol–water partition coefficient (Wildman–Crippen LogP) is 4.28. The molecule has 2 aromatic carbocycles. The Morgan fingerprint density at radius 1 is 1.03 bits per heavy atom. The first kappa shape index (κ1) is 23.4. The minimum Gasteiger partial charge on any atom is -0.370 e. The van der Waals surface area contributed by atoms with E-state index in [1.807, 2.05) is 31.3 Å². The van der Waals surface area contributed by atoms with Gasteiger partial charge in [0.1, 0.15) is 0 Å². The molecule has 2 aliphatic rings. The highest BCUT2D eigenvalue weighted by Crippen LogP contribution is 2.25. The summed E-state index contributed by atoms with van der Waals surface area (Å²) in [6.45, 7) is 2.00.